The summed E-state index contributed by atoms with van der Waals surface area (Å²) in [5, 5.41) is 12.9. The predicted octanol–water partition coefficient (Wildman–Crippen LogP) is 2.10. The smallest absolute Gasteiger partial charge is 0.209 e. The molecule has 68 valence electrons. The molecule has 6 heteroatoms. The average Bonchev–Trinajstić information content (AvgIpc) is 2.58. The Bertz CT molecular complexity index is 433. The molecule has 0 saturated heterocycles. The summed E-state index contributed by atoms with van der Waals surface area (Å²) in [5.41, 5.74) is 2.06. The summed E-state index contributed by atoms with van der Waals surface area (Å²) in [6.45, 7) is 3.95. The predicted molar refractivity (Wildman–Crippen MR) is 54.2 cm³/mol. The SMILES string of the molecule is Cc1cc(C)n(-c2nnc(Br)s2)n1. The first kappa shape index (κ1) is 8.83. The van der Waals surface area contributed by atoms with Gasteiger partial charge in [-0.1, -0.05) is 11.3 Å². The second kappa shape index (κ2) is 3.19. The minimum Gasteiger partial charge on any atom is -0.209 e. The monoisotopic (exact) mass is 258 g/mol. The fourth-order valence-corrected chi connectivity index (χ4v) is 2.21. The second-order valence-corrected chi connectivity index (χ2v) is 4.91. The van der Waals surface area contributed by atoms with Gasteiger partial charge in [0.2, 0.25) is 5.13 Å². The van der Waals surface area contributed by atoms with E-state index < -0.39 is 0 Å². The molecule has 2 aromatic heterocycles. The Balaban J connectivity index is 2.51. The Morgan fingerprint density at radius 2 is 2.15 bits per heavy atom. The van der Waals surface area contributed by atoms with E-state index >= 15 is 0 Å². The van der Waals surface area contributed by atoms with Gasteiger partial charge in [0.15, 0.2) is 3.92 Å². The van der Waals surface area contributed by atoms with E-state index in [0.717, 1.165) is 20.4 Å². The quantitative estimate of drug-likeness (QED) is 0.787. The lowest BCUT2D eigenvalue weighted by Gasteiger charge is -1.95. The topological polar surface area (TPSA) is 43.6 Å². The van der Waals surface area contributed by atoms with Gasteiger partial charge in [0.05, 0.1) is 5.69 Å². The molecular formula is C7H7BrN4S. The molecule has 13 heavy (non-hydrogen) atoms. The standard InChI is InChI=1S/C7H7BrN4S/c1-4-3-5(2)12(11-4)7-10-9-6(8)13-7/h3H,1-2H3. The number of nitrogens with zero attached hydrogens (tertiary/aromatic N) is 4. The lowest BCUT2D eigenvalue weighted by atomic mass is 10.4. The first-order valence-corrected chi connectivity index (χ1v) is 5.30. The largest absolute Gasteiger partial charge is 0.233 e. The van der Waals surface area contributed by atoms with E-state index in [1.165, 1.54) is 11.3 Å². The molecule has 0 fully saturated rings. The third-order valence-electron chi connectivity index (χ3n) is 1.58. The van der Waals surface area contributed by atoms with Crippen LogP contribution in [-0.2, 0) is 0 Å². The zero-order valence-electron chi connectivity index (χ0n) is 7.15. The number of halogens is 1. The number of rotatable bonds is 1. The molecule has 0 aliphatic rings. The van der Waals surface area contributed by atoms with Crippen molar-refractivity contribution in [2.24, 2.45) is 0 Å². The minimum absolute atomic E-state index is 0.773. The fourth-order valence-electron chi connectivity index (χ4n) is 1.11. The van der Waals surface area contributed by atoms with Gasteiger partial charge in [0, 0.05) is 5.69 Å². The Hall–Kier alpha value is -0.750. The fraction of sp³-hybridized carbons (Fsp3) is 0.286. The molecule has 0 unspecified atom stereocenters. The molecule has 0 aliphatic carbocycles. The summed E-state index contributed by atoms with van der Waals surface area (Å²) in [5.74, 6) is 0. The van der Waals surface area contributed by atoms with Crippen molar-refractivity contribution in [1.29, 1.82) is 0 Å². The van der Waals surface area contributed by atoms with Gasteiger partial charge in [0.1, 0.15) is 0 Å². The van der Waals surface area contributed by atoms with Crippen molar-refractivity contribution in [3.05, 3.63) is 21.4 Å². The first-order chi connectivity index (χ1) is 6.16. The zero-order chi connectivity index (χ0) is 9.42. The van der Waals surface area contributed by atoms with E-state index in [1.807, 2.05) is 19.9 Å². The summed E-state index contributed by atoms with van der Waals surface area (Å²) in [7, 11) is 0. The molecule has 0 aliphatic heterocycles. The molecule has 0 N–H and O–H groups in total. The van der Waals surface area contributed by atoms with E-state index in [1.54, 1.807) is 4.68 Å². The molecule has 2 heterocycles. The molecular weight excluding hydrogens is 252 g/mol. The highest BCUT2D eigenvalue weighted by Gasteiger charge is 2.07. The Morgan fingerprint density at radius 3 is 2.62 bits per heavy atom. The van der Waals surface area contributed by atoms with E-state index in [-0.39, 0.29) is 0 Å². The first-order valence-electron chi connectivity index (χ1n) is 3.69. The Labute approximate surface area is 87.7 Å². The Kier molecular flexibility index (Phi) is 2.17. The van der Waals surface area contributed by atoms with E-state index in [4.69, 9.17) is 0 Å². The van der Waals surface area contributed by atoms with Crippen molar-refractivity contribution < 1.29 is 0 Å². The average molecular weight is 259 g/mol. The van der Waals surface area contributed by atoms with E-state index in [2.05, 4.69) is 31.2 Å². The maximum atomic E-state index is 4.30. The van der Waals surface area contributed by atoms with Crippen LogP contribution in [0, 0.1) is 13.8 Å². The molecule has 0 radical (unpaired) electrons. The number of aryl methyl sites for hydroxylation is 2. The summed E-state index contributed by atoms with van der Waals surface area (Å²) < 4.78 is 2.56. The van der Waals surface area contributed by atoms with Crippen LogP contribution in [0.2, 0.25) is 0 Å². The molecule has 0 aromatic carbocycles. The molecule has 0 bridgehead atoms. The minimum atomic E-state index is 0.773. The molecule has 4 nitrogen and oxygen atoms in total. The third-order valence-corrected chi connectivity index (χ3v) is 2.91. The molecule has 0 spiro atoms. The van der Waals surface area contributed by atoms with Crippen LogP contribution in [0.5, 0.6) is 0 Å². The highest BCUT2D eigenvalue weighted by Crippen LogP contribution is 2.20. The van der Waals surface area contributed by atoms with Gasteiger partial charge in [-0.15, -0.1) is 10.2 Å². The highest BCUT2D eigenvalue weighted by molar-refractivity contribution is 9.11. The molecule has 0 amide bonds. The van der Waals surface area contributed by atoms with Crippen molar-refractivity contribution in [2.75, 3.05) is 0 Å². The summed E-state index contributed by atoms with van der Waals surface area (Å²) in [6, 6.07) is 2.01. The summed E-state index contributed by atoms with van der Waals surface area (Å²) in [4.78, 5) is 0. The van der Waals surface area contributed by atoms with Crippen molar-refractivity contribution in [3.63, 3.8) is 0 Å². The zero-order valence-corrected chi connectivity index (χ0v) is 9.55. The number of hydrogen-bond donors (Lipinski definition) is 0. The molecule has 0 atom stereocenters. The van der Waals surface area contributed by atoms with Gasteiger partial charge in [-0.25, -0.2) is 4.68 Å². The van der Waals surface area contributed by atoms with Crippen molar-refractivity contribution in [3.8, 4) is 5.13 Å². The molecule has 0 saturated carbocycles. The van der Waals surface area contributed by atoms with Gasteiger partial charge in [-0.2, -0.15) is 5.10 Å². The molecule has 2 rings (SSSR count). The molecule has 2 aromatic rings. The van der Waals surface area contributed by atoms with Crippen LogP contribution in [0.4, 0.5) is 0 Å². The van der Waals surface area contributed by atoms with Gasteiger partial charge in [-0.05, 0) is 35.8 Å². The maximum Gasteiger partial charge on any atom is 0.233 e. The van der Waals surface area contributed by atoms with Gasteiger partial charge in [-0.3, -0.25) is 0 Å². The highest BCUT2D eigenvalue weighted by atomic mass is 79.9. The number of hydrogen-bond acceptors (Lipinski definition) is 4. The van der Waals surface area contributed by atoms with Crippen LogP contribution in [-0.4, -0.2) is 20.0 Å². The van der Waals surface area contributed by atoms with Crippen LogP contribution in [0.15, 0.2) is 9.98 Å². The van der Waals surface area contributed by atoms with Crippen LogP contribution in [0.3, 0.4) is 0 Å². The summed E-state index contributed by atoms with van der Waals surface area (Å²) >= 11 is 4.73. The van der Waals surface area contributed by atoms with Crippen LogP contribution in [0.25, 0.3) is 5.13 Å². The van der Waals surface area contributed by atoms with Gasteiger partial charge >= 0.3 is 0 Å². The van der Waals surface area contributed by atoms with Crippen molar-refractivity contribution in [2.45, 2.75) is 13.8 Å². The maximum absolute atomic E-state index is 4.30. The Morgan fingerprint density at radius 1 is 1.38 bits per heavy atom. The normalized spacial score (nSPS) is 10.7. The van der Waals surface area contributed by atoms with Crippen LogP contribution >= 0.6 is 27.3 Å². The third kappa shape index (κ3) is 1.64. The van der Waals surface area contributed by atoms with Crippen molar-refractivity contribution in [1.82, 2.24) is 20.0 Å². The van der Waals surface area contributed by atoms with Crippen LogP contribution in [0.1, 0.15) is 11.4 Å². The van der Waals surface area contributed by atoms with E-state index in [9.17, 15) is 0 Å². The van der Waals surface area contributed by atoms with Gasteiger partial charge < -0.3 is 0 Å². The number of aromatic nitrogens is 4. The lowest BCUT2D eigenvalue weighted by molar-refractivity contribution is 0.807. The van der Waals surface area contributed by atoms with Crippen LogP contribution < -0.4 is 0 Å². The van der Waals surface area contributed by atoms with Gasteiger partial charge in [0.25, 0.3) is 0 Å². The summed E-state index contributed by atoms with van der Waals surface area (Å²) in [6.07, 6.45) is 0. The second-order valence-electron chi connectivity index (χ2n) is 2.68. The van der Waals surface area contributed by atoms with E-state index in [0.29, 0.717) is 0 Å². The van der Waals surface area contributed by atoms with Crippen molar-refractivity contribution >= 4 is 27.3 Å². The lowest BCUT2D eigenvalue weighted by Crippen LogP contribution is -1.97.